The summed E-state index contributed by atoms with van der Waals surface area (Å²) >= 11 is 0. The quantitative estimate of drug-likeness (QED) is 0.702. The standard InChI is InChI=1S/C28H36N4O4/c1-19-24(20(2)36-30-19)27(35)31-15-12-28(13-16-31)14-17-32(18-28)26(34)22-10-6-7-11-23(22)29-25(33)21-8-4-3-5-9-21/h3-5,8-9,22-23H,6-7,10-18H2,1-2H3,(H,29,33)/t22-,23+/m0/s1. The molecule has 36 heavy (non-hydrogen) atoms. The number of nitrogens with zero attached hydrogens (tertiary/aromatic N) is 3. The minimum atomic E-state index is -0.164. The highest BCUT2D eigenvalue weighted by molar-refractivity contribution is 5.96. The minimum Gasteiger partial charge on any atom is -0.361 e. The zero-order chi connectivity index (χ0) is 25.3. The van der Waals surface area contributed by atoms with E-state index in [-0.39, 0.29) is 35.1 Å². The van der Waals surface area contributed by atoms with Crippen molar-refractivity contribution < 1.29 is 18.9 Å². The summed E-state index contributed by atoms with van der Waals surface area (Å²) in [5, 5.41) is 7.08. The lowest BCUT2D eigenvalue weighted by atomic mass is 9.77. The summed E-state index contributed by atoms with van der Waals surface area (Å²) in [6.45, 7) is 6.45. The Balaban J connectivity index is 1.19. The number of hydrogen-bond acceptors (Lipinski definition) is 5. The van der Waals surface area contributed by atoms with Crippen molar-refractivity contribution in [2.75, 3.05) is 26.2 Å². The third kappa shape index (κ3) is 4.77. The van der Waals surface area contributed by atoms with Gasteiger partial charge in [-0.25, -0.2) is 0 Å². The van der Waals surface area contributed by atoms with Crippen LogP contribution in [0.3, 0.4) is 0 Å². The Morgan fingerprint density at radius 2 is 1.64 bits per heavy atom. The molecule has 1 saturated carbocycles. The average Bonchev–Trinajstić information content (AvgIpc) is 3.47. The smallest absolute Gasteiger partial charge is 0.259 e. The van der Waals surface area contributed by atoms with E-state index in [1.165, 1.54) is 0 Å². The SMILES string of the molecule is Cc1noc(C)c1C(=O)N1CCC2(CC1)CCN(C(=O)[C@H]1CCCC[C@H]1NC(=O)c1ccccc1)C2. The van der Waals surface area contributed by atoms with Crippen molar-refractivity contribution in [3.8, 4) is 0 Å². The molecule has 8 nitrogen and oxygen atoms in total. The van der Waals surface area contributed by atoms with Crippen molar-refractivity contribution in [3.63, 3.8) is 0 Å². The molecule has 0 radical (unpaired) electrons. The first-order chi connectivity index (χ1) is 17.4. The van der Waals surface area contributed by atoms with E-state index in [1.807, 2.05) is 40.1 Å². The van der Waals surface area contributed by atoms with Crippen LogP contribution in [0.5, 0.6) is 0 Å². The number of hydrogen-bond donors (Lipinski definition) is 1. The van der Waals surface area contributed by atoms with Crippen molar-refractivity contribution in [1.82, 2.24) is 20.3 Å². The number of rotatable bonds is 4. The molecular weight excluding hydrogens is 456 g/mol. The Labute approximate surface area is 212 Å². The van der Waals surface area contributed by atoms with E-state index in [4.69, 9.17) is 4.52 Å². The van der Waals surface area contributed by atoms with Gasteiger partial charge in [0.1, 0.15) is 11.3 Å². The van der Waals surface area contributed by atoms with E-state index < -0.39 is 0 Å². The second-order valence-electron chi connectivity index (χ2n) is 10.8. The number of benzene rings is 1. The Morgan fingerprint density at radius 1 is 0.972 bits per heavy atom. The molecule has 3 aliphatic rings. The van der Waals surface area contributed by atoms with Gasteiger partial charge in [0.05, 0.1) is 11.6 Å². The van der Waals surface area contributed by atoms with Gasteiger partial charge in [-0.1, -0.05) is 36.2 Å². The van der Waals surface area contributed by atoms with Crippen LogP contribution in [0.2, 0.25) is 0 Å². The van der Waals surface area contributed by atoms with E-state index in [0.29, 0.717) is 35.7 Å². The van der Waals surface area contributed by atoms with Crippen LogP contribution < -0.4 is 5.32 Å². The molecule has 0 unspecified atom stereocenters. The first kappa shape index (κ1) is 24.5. The molecule has 192 valence electrons. The normalized spacial score (nSPS) is 23.6. The Morgan fingerprint density at radius 3 is 2.31 bits per heavy atom. The molecule has 3 amide bonds. The number of carbonyl (C=O) groups excluding carboxylic acids is 3. The molecule has 2 aromatic rings. The van der Waals surface area contributed by atoms with Gasteiger partial charge in [-0.05, 0) is 63.5 Å². The van der Waals surface area contributed by atoms with Gasteiger partial charge in [0, 0.05) is 37.8 Å². The van der Waals surface area contributed by atoms with Gasteiger partial charge in [0.25, 0.3) is 11.8 Å². The van der Waals surface area contributed by atoms with Crippen LogP contribution in [0.25, 0.3) is 0 Å². The number of likely N-dealkylation sites (tertiary alicyclic amines) is 2. The predicted octanol–water partition coefficient (Wildman–Crippen LogP) is 3.73. The highest BCUT2D eigenvalue weighted by Crippen LogP contribution is 2.42. The lowest BCUT2D eigenvalue weighted by Gasteiger charge is -2.40. The van der Waals surface area contributed by atoms with Crippen molar-refractivity contribution >= 4 is 17.7 Å². The topological polar surface area (TPSA) is 95.8 Å². The van der Waals surface area contributed by atoms with E-state index >= 15 is 0 Å². The highest BCUT2D eigenvalue weighted by atomic mass is 16.5. The van der Waals surface area contributed by atoms with Gasteiger partial charge in [-0.2, -0.15) is 0 Å². The van der Waals surface area contributed by atoms with E-state index in [0.717, 1.165) is 58.0 Å². The zero-order valence-corrected chi connectivity index (χ0v) is 21.3. The van der Waals surface area contributed by atoms with Crippen molar-refractivity contribution in [2.24, 2.45) is 11.3 Å². The largest absolute Gasteiger partial charge is 0.361 e. The Hall–Kier alpha value is -3.16. The number of aryl methyl sites for hydroxylation is 2. The highest BCUT2D eigenvalue weighted by Gasteiger charge is 2.45. The molecule has 0 bridgehead atoms. The summed E-state index contributed by atoms with van der Waals surface area (Å²) < 4.78 is 5.19. The zero-order valence-electron chi connectivity index (χ0n) is 21.3. The first-order valence-electron chi connectivity index (χ1n) is 13.2. The number of carbonyl (C=O) groups is 3. The summed E-state index contributed by atoms with van der Waals surface area (Å²) in [6.07, 6.45) is 6.47. The molecule has 1 N–H and O–H groups in total. The molecule has 1 spiro atoms. The summed E-state index contributed by atoms with van der Waals surface area (Å²) in [6, 6.07) is 9.10. The van der Waals surface area contributed by atoms with E-state index in [2.05, 4.69) is 10.5 Å². The summed E-state index contributed by atoms with van der Waals surface area (Å²) in [4.78, 5) is 43.4. The van der Waals surface area contributed by atoms with Crippen LogP contribution in [0.15, 0.2) is 34.9 Å². The second-order valence-corrected chi connectivity index (χ2v) is 10.8. The van der Waals surface area contributed by atoms with Crippen molar-refractivity contribution in [1.29, 1.82) is 0 Å². The monoisotopic (exact) mass is 492 g/mol. The maximum atomic E-state index is 13.7. The Bertz CT molecular complexity index is 1100. The van der Waals surface area contributed by atoms with Crippen molar-refractivity contribution in [2.45, 2.75) is 64.8 Å². The summed E-state index contributed by atoms with van der Waals surface area (Å²) in [5.41, 5.74) is 1.92. The molecule has 1 aliphatic carbocycles. The predicted molar refractivity (Wildman–Crippen MR) is 134 cm³/mol. The van der Waals surface area contributed by atoms with Crippen LogP contribution in [0.1, 0.15) is 77.1 Å². The molecule has 2 saturated heterocycles. The number of piperidine rings is 1. The van der Waals surface area contributed by atoms with Crippen LogP contribution in [0, 0.1) is 25.2 Å². The maximum absolute atomic E-state index is 13.7. The average molecular weight is 493 g/mol. The van der Waals surface area contributed by atoms with Crippen molar-refractivity contribution in [3.05, 3.63) is 52.9 Å². The van der Waals surface area contributed by atoms with Gasteiger partial charge in [0.2, 0.25) is 5.91 Å². The van der Waals surface area contributed by atoms with E-state index in [9.17, 15) is 14.4 Å². The fourth-order valence-corrected chi connectivity index (χ4v) is 6.34. The molecule has 5 rings (SSSR count). The van der Waals surface area contributed by atoms with Gasteiger partial charge < -0.3 is 19.6 Å². The molecule has 3 heterocycles. The number of nitrogens with one attached hydrogen (secondary N) is 1. The van der Waals surface area contributed by atoms with Gasteiger partial charge in [-0.3, -0.25) is 14.4 Å². The molecular formula is C28H36N4O4. The van der Waals surface area contributed by atoms with Crippen LogP contribution in [-0.2, 0) is 4.79 Å². The first-order valence-corrected chi connectivity index (χ1v) is 13.2. The van der Waals surface area contributed by atoms with Gasteiger partial charge in [0.15, 0.2) is 0 Å². The second kappa shape index (κ2) is 10.1. The number of aromatic nitrogens is 1. The summed E-state index contributed by atoms with van der Waals surface area (Å²) in [7, 11) is 0. The lowest BCUT2D eigenvalue weighted by Crippen LogP contribution is -2.50. The molecule has 1 aromatic carbocycles. The molecule has 1 aromatic heterocycles. The van der Waals surface area contributed by atoms with Crippen LogP contribution in [-0.4, -0.2) is 64.9 Å². The van der Waals surface area contributed by atoms with Crippen LogP contribution in [0.4, 0.5) is 0 Å². The van der Waals surface area contributed by atoms with Crippen LogP contribution >= 0.6 is 0 Å². The van der Waals surface area contributed by atoms with Gasteiger partial charge in [-0.15, -0.1) is 0 Å². The summed E-state index contributed by atoms with van der Waals surface area (Å²) in [5.74, 6) is 0.471. The number of amides is 3. The third-order valence-electron chi connectivity index (χ3n) is 8.54. The minimum absolute atomic E-state index is 0.00812. The van der Waals surface area contributed by atoms with Gasteiger partial charge >= 0.3 is 0 Å². The van der Waals surface area contributed by atoms with E-state index in [1.54, 1.807) is 13.8 Å². The fraction of sp³-hybridized carbons (Fsp3) is 0.571. The maximum Gasteiger partial charge on any atom is 0.259 e. The molecule has 2 atom stereocenters. The third-order valence-corrected chi connectivity index (χ3v) is 8.54. The Kier molecular flexibility index (Phi) is 6.86. The molecule has 8 heteroatoms. The molecule has 3 fully saturated rings. The lowest BCUT2D eigenvalue weighted by molar-refractivity contribution is -0.136. The fourth-order valence-electron chi connectivity index (χ4n) is 6.34. The molecule has 2 aliphatic heterocycles.